The molecule has 22 heavy (non-hydrogen) atoms. The zero-order valence-electron chi connectivity index (χ0n) is 13.4. The lowest BCUT2D eigenvalue weighted by Crippen LogP contribution is -2.38. The summed E-state index contributed by atoms with van der Waals surface area (Å²) < 4.78 is 18.7. The molecule has 124 valence electrons. The summed E-state index contributed by atoms with van der Waals surface area (Å²) in [4.78, 5) is 8.29. The fourth-order valence-corrected chi connectivity index (χ4v) is 2.64. The molecule has 1 fully saturated rings. The van der Waals surface area contributed by atoms with Crippen LogP contribution in [0.3, 0.4) is 0 Å². The summed E-state index contributed by atoms with van der Waals surface area (Å²) in [6, 6.07) is 1.52. The van der Waals surface area contributed by atoms with Crippen LogP contribution in [-0.2, 0) is 4.74 Å². The van der Waals surface area contributed by atoms with E-state index in [1.54, 1.807) is 6.20 Å². The monoisotopic (exact) mass is 311 g/mol. The standard InChI is InChI=1S/C16H26FN3O2/c1-13(2)22-12-16(21)11-19-4-3-5-20(7-6-19)15-8-14(17)9-18-10-15/h8-10,13,16,21H,3-7,11-12H2,1-2H3. The average molecular weight is 311 g/mol. The Kier molecular flexibility index (Phi) is 6.54. The van der Waals surface area contributed by atoms with Gasteiger partial charge in [-0.15, -0.1) is 0 Å². The molecule has 1 atom stereocenters. The van der Waals surface area contributed by atoms with Gasteiger partial charge in [-0.1, -0.05) is 0 Å². The molecule has 0 radical (unpaired) electrons. The van der Waals surface area contributed by atoms with Crippen molar-refractivity contribution in [3.63, 3.8) is 0 Å². The number of hydrogen-bond acceptors (Lipinski definition) is 5. The average Bonchev–Trinajstić information content (AvgIpc) is 2.71. The van der Waals surface area contributed by atoms with E-state index in [1.165, 1.54) is 12.3 Å². The smallest absolute Gasteiger partial charge is 0.143 e. The molecule has 0 aromatic carbocycles. The van der Waals surface area contributed by atoms with Gasteiger partial charge in [0.05, 0.1) is 36.9 Å². The molecule has 0 saturated carbocycles. The number of pyridine rings is 1. The summed E-state index contributed by atoms with van der Waals surface area (Å²) in [5, 5.41) is 10.0. The second kappa shape index (κ2) is 8.41. The Balaban J connectivity index is 1.82. The number of hydrogen-bond donors (Lipinski definition) is 1. The molecule has 5 nitrogen and oxygen atoms in total. The number of anilines is 1. The van der Waals surface area contributed by atoms with Gasteiger partial charge < -0.3 is 14.7 Å². The highest BCUT2D eigenvalue weighted by Gasteiger charge is 2.18. The molecule has 1 saturated heterocycles. The van der Waals surface area contributed by atoms with E-state index in [4.69, 9.17) is 4.74 Å². The van der Waals surface area contributed by atoms with E-state index < -0.39 is 6.10 Å². The fourth-order valence-electron chi connectivity index (χ4n) is 2.64. The molecule has 1 aromatic rings. The number of β-amino-alcohol motifs (C(OH)–C–C–N with tert-alkyl or cyclic N) is 1. The van der Waals surface area contributed by atoms with Gasteiger partial charge in [0.1, 0.15) is 5.82 Å². The number of nitrogens with zero attached hydrogens (tertiary/aromatic N) is 3. The number of aliphatic hydroxyl groups excluding tert-OH is 1. The van der Waals surface area contributed by atoms with E-state index in [0.717, 1.165) is 38.3 Å². The van der Waals surface area contributed by atoms with Crippen molar-refractivity contribution < 1.29 is 14.2 Å². The summed E-state index contributed by atoms with van der Waals surface area (Å²) in [5.74, 6) is -0.306. The summed E-state index contributed by atoms with van der Waals surface area (Å²) >= 11 is 0. The van der Waals surface area contributed by atoms with E-state index in [-0.39, 0.29) is 11.9 Å². The first-order valence-corrected chi connectivity index (χ1v) is 7.92. The molecule has 2 heterocycles. The van der Waals surface area contributed by atoms with E-state index in [1.807, 2.05) is 13.8 Å². The lowest BCUT2D eigenvalue weighted by Gasteiger charge is -2.25. The Hall–Kier alpha value is -1.24. The first-order valence-electron chi connectivity index (χ1n) is 7.92. The second-order valence-electron chi connectivity index (χ2n) is 6.04. The maximum absolute atomic E-state index is 13.3. The Morgan fingerprint density at radius 3 is 2.82 bits per heavy atom. The summed E-state index contributed by atoms with van der Waals surface area (Å²) in [5.41, 5.74) is 0.825. The van der Waals surface area contributed by atoms with Crippen LogP contribution in [0.15, 0.2) is 18.5 Å². The van der Waals surface area contributed by atoms with Crippen molar-refractivity contribution in [1.82, 2.24) is 9.88 Å². The molecular formula is C16H26FN3O2. The number of aromatic nitrogens is 1. The highest BCUT2D eigenvalue weighted by atomic mass is 19.1. The third-order valence-corrected chi connectivity index (χ3v) is 3.74. The minimum Gasteiger partial charge on any atom is -0.389 e. The molecule has 0 aliphatic carbocycles. The molecule has 0 bridgehead atoms. The Morgan fingerprint density at radius 1 is 1.27 bits per heavy atom. The van der Waals surface area contributed by atoms with Crippen LogP contribution in [0.1, 0.15) is 20.3 Å². The van der Waals surface area contributed by atoms with Crippen LogP contribution in [0.2, 0.25) is 0 Å². The molecule has 1 unspecified atom stereocenters. The molecule has 1 aromatic heterocycles. The van der Waals surface area contributed by atoms with Crippen LogP contribution in [0.5, 0.6) is 0 Å². The molecule has 1 aliphatic rings. The molecule has 0 spiro atoms. The number of aliphatic hydroxyl groups is 1. The van der Waals surface area contributed by atoms with Gasteiger partial charge in [-0.05, 0) is 26.8 Å². The maximum Gasteiger partial charge on any atom is 0.143 e. The van der Waals surface area contributed by atoms with Gasteiger partial charge in [0.25, 0.3) is 0 Å². The van der Waals surface area contributed by atoms with Crippen LogP contribution in [-0.4, -0.2) is 66.5 Å². The summed E-state index contributed by atoms with van der Waals surface area (Å²) in [6.45, 7) is 8.36. The van der Waals surface area contributed by atoms with Gasteiger partial charge >= 0.3 is 0 Å². The van der Waals surface area contributed by atoms with E-state index in [2.05, 4.69) is 14.8 Å². The Bertz CT molecular complexity index is 459. The van der Waals surface area contributed by atoms with Crippen LogP contribution < -0.4 is 4.90 Å². The van der Waals surface area contributed by atoms with Crippen molar-refractivity contribution in [2.45, 2.75) is 32.5 Å². The van der Waals surface area contributed by atoms with Crippen molar-refractivity contribution >= 4 is 5.69 Å². The van der Waals surface area contributed by atoms with E-state index in [0.29, 0.717) is 13.2 Å². The molecule has 0 amide bonds. The topological polar surface area (TPSA) is 48.8 Å². The normalized spacial score (nSPS) is 18.5. The zero-order chi connectivity index (χ0) is 15.9. The molecule has 1 N–H and O–H groups in total. The minimum atomic E-state index is -0.468. The molecule has 2 rings (SSSR count). The van der Waals surface area contributed by atoms with Gasteiger partial charge in [0.15, 0.2) is 0 Å². The Morgan fingerprint density at radius 2 is 2.09 bits per heavy atom. The highest BCUT2D eigenvalue weighted by molar-refractivity contribution is 5.44. The van der Waals surface area contributed by atoms with Gasteiger partial charge in [-0.25, -0.2) is 4.39 Å². The molecule has 1 aliphatic heterocycles. The fraction of sp³-hybridized carbons (Fsp3) is 0.688. The maximum atomic E-state index is 13.3. The summed E-state index contributed by atoms with van der Waals surface area (Å²) in [6.07, 6.45) is 3.57. The first kappa shape index (κ1) is 17.1. The largest absolute Gasteiger partial charge is 0.389 e. The van der Waals surface area contributed by atoms with Gasteiger partial charge in [-0.2, -0.15) is 0 Å². The SMILES string of the molecule is CC(C)OCC(O)CN1CCCN(c2cncc(F)c2)CC1. The van der Waals surface area contributed by atoms with Crippen molar-refractivity contribution in [3.05, 3.63) is 24.3 Å². The molecule has 6 heteroatoms. The van der Waals surface area contributed by atoms with Gasteiger partial charge in [-0.3, -0.25) is 9.88 Å². The predicted molar refractivity (Wildman–Crippen MR) is 84.6 cm³/mol. The van der Waals surface area contributed by atoms with Crippen molar-refractivity contribution in [2.75, 3.05) is 44.2 Å². The van der Waals surface area contributed by atoms with Crippen LogP contribution in [0, 0.1) is 5.82 Å². The van der Waals surface area contributed by atoms with Crippen molar-refractivity contribution in [1.29, 1.82) is 0 Å². The van der Waals surface area contributed by atoms with Crippen molar-refractivity contribution in [2.24, 2.45) is 0 Å². The van der Waals surface area contributed by atoms with Gasteiger partial charge in [0, 0.05) is 32.2 Å². The van der Waals surface area contributed by atoms with Crippen molar-refractivity contribution in [3.8, 4) is 0 Å². The molecular weight excluding hydrogens is 285 g/mol. The third kappa shape index (κ3) is 5.51. The van der Waals surface area contributed by atoms with Crippen LogP contribution in [0.25, 0.3) is 0 Å². The Labute approximate surface area is 131 Å². The quantitative estimate of drug-likeness (QED) is 0.863. The lowest BCUT2D eigenvalue weighted by molar-refractivity contribution is -0.00766. The lowest BCUT2D eigenvalue weighted by atomic mass is 10.3. The number of halogens is 1. The van der Waals surface area contributed by atoms with Crippen LogP contribution >= 0.6 is 0 Å². The third-order valence-electron chi connectivity index (χ3n) is 3.74. The van der Waals surface area contributed by atoms with Gasteiger partial charge in [0.2, 0.25) is 0 Å². The van der Waals surface area contributed by atoms with E-state index in [9.17, 15) is 9.50 Å². The summed E-state index contributed by atoms with van der Waals surface area (Å²) in [7, 11) is 0. The highest BCUT2D eigenvalue weighted by Crippen LogP contribution is 2.16. The number of rotatable bonds is 6. The first-order chi connectivity index (χ1) is 10.5. The number of ether oxygens (including phenoxy) is 1. The minimum absolute atomic E-state index is 0.134. The zero-order valence-corrected chi connectivity index (χ0v) is 13.4. The predicted octanol–water partition coefficient (Wildman–Crippen LogP) is 1.52. The van der Waals surface area contributed by atoms with E-state index >= 15 is 0 Å². The van der Waals surface area contributed by atoms with Crippen LogP contribution in [0.4, 0.5) is 10.1 Å². The second-order valence-corrected chi connectivity index (χ2v) is 6.04.